The third kappa shape index (κ3) is 3.78. The molecule has 2 aliphatic heterocycles. The number of piperidine rings is 1. The molecule has 5 nitrogen and oxygen atoms in total. The van der Waals surface area contributed by atoms with Crippen LogP contribution in [0.4, 0.5) is 0 Å². The zero-order valence-corrected chi connectivity index (χ0v) is 15.4. The van der Waals surface area contributed by atoms with Crippen molar-refractivity contribution < 1.29 is 4.79 Å². The fourth-order valence-electron chi connectivity index (χ4n) is 3.81. The lowest BCUT2D eigenvalue weighted by molar-refractivity contribution is -0.131. The number of hydrogen-bond donors (Lipinski definition) is 1. The van der Waals surface area contributed by atoms with E-state index >= 15 is 0 Å². The summed E-state index contributed by atoms with van der Waals surface area (Å²) in [6.45, 7) is 5.54. The molecule has 2 aromatic rings. The monoisotopic (exact) mass is 350 g/mol. The second-order valence-electron chi connectivity index (χ2n) is 7.45. The average Bonchev–Trinajstić information content (AvgIpc) is 2.69. The smallest absolute Gasteiger partial charge is 0.227 e. The van der Waals surface area contributed by atoms with Gasteiger partial charge in [-0.05, 0) is 38.4 Å². The van der Waals surface area contributed by atoms with Crippen molar-refractivity contribution in [1.82, 2.24) is 20.2 Å². The number of carbonyl (C=O) groups excluding carboxylic acids is 1. The Bertz CT molecular complexity index is 781. The molecule has 1 N–H and O–H groups in total. The van der Waals surface area contributed by atoms with Gasteiger partial charge in [0.1, 0.15) is 5.82 Å². The van der Waals surface area contributed by atoms with Crippen molar-refractivity contribution in [2.75, 3.05) is 19.6 Å². The van der Waals surface area contributed by atoms with Crippen LogP contribution in [0.2, 0.25) is 0 Å². The molecule has 0 atom stereocenters. The van der Waals surface area contributed by atoms with Crippen molar-refractivity contribution in [2.24, 2.45) is 0 Å². The molecule has 0 radical (unpaired) electrons. The molecule has 0 aliphatic carbocycles. The Morgan fingerprint density at radius 2 is 2.00 bits per heavy atom. The SMILES string of the molecule is Cc1ccc(CC(=O)N2CCc3nc(C4CCNCC4)ncc3C2)cc1. The van der Waals surface area contributed by atoms with Gasteiger partial charge in [-0.3, -0.25) is 4.79 Å². The van der Waals surface area contributed by atoms with Crippen molar-refractivity contribution >= 4 is 5.91 Å². The average molecular weight is 350 g/mol. The minimum absolute atomic E-state index is 0.182. The van der Waals surface area contributed by atoms with Gasteiger partial charge in [-0.1, -0.05) is 29.8 Å². The molecule has 3 heterocycles. The first-order valence-electron chi connectivity index (χ1n) is 9.58. The fourth-order valence-corrected chi connectivity index (χ4v) is 3.81. The first-order valence-corrected chi connectivity index (χ1v) is 9.58. The highest BCUT2D eigenvalue weighted by Crippen LogP contribution is 2.25. The molecule has 0 unspecified atom stereocenters. The molecule has 5 heteroatoms. The van der Waals surface area contributed by atoms with Gasteiger partial charge in [-0.2, -0.15) is 0 Å². The molecule has 0 bridgehead atoms. The summed E-state index contributed by atoms with van der Waals surface area (Å²) < 4.78 is 0. The zero-order valence-electron chi connectivity index (χ0n) is 15.4. The van der Waals surface area contributed by atoms with Crippen LogP contribution < -0.4 is 5.32 Å². The Hall–Kier alpha value is -2.27. The Morgan fingerprint density at radius 1 is 1.23 bits per heavy atom. The van der Waals surface area contributed by atoms with Crippen LogP contribution in [0.5, 0.6) is 0 Å². The second kappa shape index (κ2) is 7.54. The number of fused-ring (bicyclic) bond motifs is 1. The van der Waals surface area contributed by atoms with Crippen molar-refractivity contribution in [2.45, 2.75) is 45.1 Å². The van der Waals surface area contributed by atoms with E-state index in [2.05, 4.69) is 29.4 Å². The first-order chi connectivity index (χ1) is 12.7. The van der Waals surface area contributed by atoms with Gasteiger partial charge in [0.05, 0.1) is 12.1 Å². The van der Waals surface area contributed by atoms with Crippen molar-refractivity contribution in [3.05, 3.63) is 58.7 Å². The lowest BCUT2D eigenvalue weighted by atomic mass is 9.96. The molecule has 4 rings (SSSR count). The minimum atomic E-state index is 0.182. The standard InChI is InChI=1S/C21H26N4O/c1-15-2-4-16(5-3-15)12-20(26)25-11-8-19-18(14-25)13-23-21(24-19)17-6-9-22-10-7-17/h2-5,13,17,22H,6-12,14H2,1H3. The molecule has 136 valence electrons. The number of nitrogens with zero attached hydrogens (tertiary/aromatic N) is 3. The van der Waals surface area contributed by atoms with E-state index in [1.165, 1.54) is 5.56 Å². The molecule has 0 saturated carbocycles. The maximum absolute atomic E-state index is 12.7. The number of hydrogen-bond acceptors (Lipinski definition) is 4. The number of aryl methyl sites for hydroxylation is 1. The van der Waals surface area contributed by atoms with E-state index in [1.54, 1.807) is 0 Å². The Labute approximate surface area is 154 Å². The number of benzene rings is 1. The van der Waals surface area contributed by atoms with Crippen LogP contribution >= 0.6 is 0 Å². The first kappa shape index (κ1) is 17.2. The molecular formula is C21H26N4O. The maximum Gasteiger partial charge on any atom is 0.227 e. The van der Waals surface area contributed by atoms with Crippen LogP contribution in [0.1, 0.15) is 47.0 Å². The van der Waals surface area contributed by atoms with Gasteiger partial charge in [-0.25, -0.2) is 9.97 Å². The third-order valence-corrected chi connectivity index (χ3v) is 5.49. The normalized spacial score (nSPS) is 17.8. The van der Waals surface area contributed by atoms with E-state index in [1.807, 2.05) is 23.2 Å². The molecule has 1 aromatic carbocycles. The van der Waals surface area contributed by atoms with E-state index in [4.69, 9.17) is 4.98 Å². The van der Waals surface area contributed by atoms with Gasteiger partial charge in [-0.15, -0.1) is 0 Å². The van der Waals surface area contributed by atoms with Crippen LogP contribution in [0.3, 0.4) is 0 Å². The number of aromatic nitrogens is 2. The quantitative estimate of drug-likeness (QED) is 0.923. The molecule has 1 fully saturated rings. The Balaban J connectivity index is 1.42. The van der Waals surface area contributed by atoms with E-state index in [0.717, 1.165) is 61.5 Å². The van der Waals surface area contributed by atoms with Crippen LogP contribution in [-0.4, -0.2) is 40.4 Å². The summed E-state index contributed by atoms with van der Waals surface area (Å²) in [6, 6.07) is 8.20. The summed E-state index contributed by atoms with van der Waals surface area (Å²) in [5, 5.41) is 3.39. The summed E-state index contributed by atoms with van der Waals surface area (Å²) in [6.07, 6.45) is 5.46. The molecule has 0 spiro atoms. The second-order valence-corrected chi connectivity index (χ2v) is 7.45. The lowest BCUT2D eigenvalue weighted by Crippen LogP contribution is -2.37. The topological polar surface area (TPSA) is 58.1 Å². The summed E-state index contributed by atoms with van der Waals surface area (Å²) in [7, 11) is 0. The van der Waals surface area contributed by atoms with Gasteiger partial charge in [0.15, 0.2) is 0 Å². The van der Waals surface area contributed by atoms with Crippen molar-refractivity contribution in [3.63, 3.8) is 0 Å². The van der Waals surface area contributed by atoms with Crippen LogP contribution in [0.15, 0.2) is 30.5 Å². The zero-order chi connectivity index (χ0) is 17.9. The number of amides is 1. The van der Waals surface area contributed by atoms with E-state index in [0.29, 0.717) is 18.9 Å². The Morgan fingerprint density at radius 3 is 2.77 bits per heavy atom. The van der Waals surface area contributed by atoms with Crippen molar-refractivity contribution in [1.29, 1.82) is 0 Å². The molecule has 1 amide bonds. The molecular weight excluding hydrogens is 324 g/mol. The highest BCUT2D eigenvalue weighted by atomic mass is 16.2. The van der Waals surface area contributed by atoms with Gasteiger partial charge in [0, 0.05) is 37.2 Å². The van der Waals surface area contributed by atoms with Gasteiger partial charge < -0.3 is 10.2 Å². The maximum atomic E-state index is 12.7. The lowest BCUT2D eigenvalue weighted by Gasteiger charge is -2.29. The fraction of sp³-hybridized carbons (Fsp3) is 0.476. The van der Waals surface area contributed by atoms with Gasteiger partial charge in [0.2, 0.25) is 5.91 Å². The summed E-state index contributed by atoms with van der Waals surface area (Å²) in [4.78, 5) is 24.1. The number of nitrogens with one attached hydrogen (secondary N) is 1. The van der Waals surface area contributed by atoms with Crippen molar-refractivity contribution in [3.8, 4) is 0 Å². The molecule has 2 aliphatic rings. The molecule has 1 aromatic heterocycles. The predicted octanol–water partition coefficient (Wildman–Crippen LogP) is 2.38. The predicted molar refractivity (Wildman–Crippen MR) is 101 cm³/mol. The van der Waals surface area contributed by atoms with Crippen LogP contribution in [0, 0.1) is 6.92 Å². The largest absolute Gasteiger partial charge is 0.338 e. The van der Waals surface area contributed by atoms with E-state index in [9.17, 15) is 4.79 Å². The van der Waals surface area contributed by atoms with Gasteiger partial charge >= 0.3 is 0 Å². The summed E-state index contributed by atoms with van der Waals surface area (Å²) in [5.41, 5.74) is 4.53. The molecule has 26 heavy (non-hydrogen) atoms. The highest BCUT2D eigenvalue weighted by molar-refractivity contribution is 5.79. The van der Waals surface area contributed by atoms with Crippen LogP contribution in [-0.2, 0) is 24.2 Å². The Kier molecular flexibility index (Phi) is 4.98. The van der Waals surface area contributed by atoms with E-state index < -0.39 is 0 Å². The number of rotatable bonds is 3. The molecule has 1 saturated heterocycles. The highest BCUT2D eigenvalue weighted by Gasteiger charge is 2.24. The third-order valence-electron chi connectivity index (χ3n) is 5.49. The number of carbonyl (C=O) groups is 1. The van der Waals surface area contributed by atoms with E-state index in [-0.39, 0.29) is 5.91 Å². The minimum Gasteiger partial charge on any atom is -0.338 e. The summed E-state index contributed by atoms with van der Waals surface area (Å²) in [5.74, 6) is 1.65. The van der Waals surface area contributed by atoms with Crippen LogP contribution in [0.25, 0.3) is 0 Å². The van der Waals surface area contributed by atoms with Gasteiger partial charge in [0.25, 0.3) is 0 Å². The summed E-state index contributed by atoms with van der Waals surface area (Å²) >= 11 is 0.